The van der Waals surface area contributed by atoms with Gasteiger partial charge in [0.15, 0.2) is 0 Å². The topological polar surface area (TPSA) is 24.9 Å². The van der Waals surface area contributed by atoms with Gasteiger partial charge >= 0.3 is 0 Å². The van der Waals surface area contributed by atoms with Gasteiger partial charge in [-0.1, -0.05) is 42.3 Å². The lowest BCUT2D eigenvalue weighted by Gasteiger charge is -2.19. The lowest BCUT2D eigenvalue weighted by Crippen LogP contribution is -2.24. The van der Waals surface area contributed by atoms with E-state index in [1.165, 1.54) is 5.56 Å². The fraction of sp³-hybridized carbons (Fsp3) is 0.312. The van der Waals surface area contributed by atoms with E-state index in [4.69, 9.17) is 23.2 Å². The molecule has 0 aliphatic carbocycles. The van der Waals surface area contributed by atoms with Gasteiger partial charge in [0.25, 0.3) is 0 Å². The van der Waals surface area contributed by atoms with Crippen LogP contribution in [0.4, 0.5) is 0 Å². The van der Waals surface area contributed by atoms with E-state index in [9.17, 15) is 0 Å². The number of hydrogen-bond donors (Lipinski definition) is 1. The van der Waals surface area contributed by atoms with Crippen LogP contribution in [0.1, 0.15) is 29.8 Å². The van der Waals surface area contributed by atoms with E-state index in [1.54, 1.807) is 6.07 Å². The van der Waals surface area contributed by atoms with Crippen LogP contribution in [0.3, 0.4) is 0 Å². The summed E-state index contributed by atoms with van der Waals surface area (Å²) in [7, 11) is 0. The summed E-state index contributed by atoms with van der Waals surface area (Å²) in [5.74, 6) is 0. The summed E-state index contributed by atoms with van der Waals surface area (Å²) in [5.41, 5.74) is 3.27. The molecule has 1 aromatic heterocycles. The van der Waals surface area contributed by atoms with Gasteiger partial charge in [-0.2, -0.15) is 0 Å². The highest BCUT2D eigenvalue weighted by Gasteiger charge is 2.15. The molecule has 1 heterocycles. The van der Waals surface area contributed by atoms with Gasteiger partial charge in [0, 0.05) is 6.20 Å². The number of hydrogen-bond acceptors (Lipinski definition) is 2. The van der Waals surface area contributed by atoms with Crippen molar-refractivity contribution in [2.75, 3.05) is 6.54 Å². The molecule has 0 fully saturated rings. The van der Waals surface area contributed by atoms with Crippen molar-refractivity contribution in [3.63, 3.8) is 0 Å². The third-order valence-electron chi connectivity index (χ3n) is 3.20. The van der Waals surface area contributed by atoms with Gasteiger partial charge in [0.2, 0.25) is 0 Å². The Morgan fingerprint density at radius 3 is 2.75 bits per heavy atom. The molecule has 0 bridgehead atoms. The van der Waals surface area contributed by atoms with E-state index < -0.39 is 0 Å². The molecule has 1 atom stereocenters. The van der Waals surface area contributed by atoms with Crippen LogP contribution in [-0.2, 0) is 6.42 Å². The molecule has 0 saturated carbocycles. The molecule has 2 aromatic rings. The van der Waals surface area contributed by atoms with Crippen LogP contribution >= 0.6 is 23.2 Å². The summed E-state index contributed by atoms with van der Waals surface area (Å²) >= 11 is 12.4. The van der Waals surface area contributed by atoms with Crippen LogP contribution in [-0.4, -0.2) is 11.5 Å². The van der Waals surface area contributed by atoms with Gasteiger partial charge in [-0.05, 0) is 49.2 Å². The highest BCUT2D eigenvalue weighted by molar-refractivity contribution is 6.42. The Bertz CT molecular complexity index is 584. The number of nitrogens with zero attached hydrogens (tertiary/aromatic N) is 1. The minimum Gasteiger partial charge on any atom is -0.309 e. The second-order valence-corrected chi connectivity index (χ2v) is 5.57. The third kappa shape index (κ3) is 3.72. The predicted octanol–water partition coefficient (Wildman–Crippen LogP) is 4.59. The Morgan fingerprint density at radius 2 is 2.05 bits per heavy atom. The van der Waals surface area contributed by atoms with E-state index in [2.05, 4.69) is 30.2 Å². The molecule has 4 heteroatoms. The Kier molecular flexibility index (Phi) is 5.41. The second-order valence-electron chi connectivity index (χ2n) is 4.79. The zero-order valence-corrected chi connectivity index (χ0v) is 13.2. The Balaban J connectivity index is 2.28. The van der Waals surface area contributed by atoms with Gasteiger partial charge < -0.3 is 5.32 Å². The average molecular weight is 309 g/mol. The Hall–Kier alpha value is -1.09. The summed E-state index contributed by atoms with van der Waals surface area (Å²) in [4.78, 5) is 4.47. The van der Waals surface area contributed by atoms with Gasteiger partial charge in [-0.25, -0.2) is 0 Å². The maximum atomic E-state index is 6.28. The van der Waals surface area contributed by atoms with E-state index >= 15 is 0 Å². The SMILES string of the molecule is CCNC(Cc1cccc(Cl)c1Cl)c1cc(C)ccn1. The molecule has 106 valence electrons. The quantitative estimate of drug-likeness (QED) is 0.874. The molecule has 0 aliphatic rings. The highest BCUT2D eigenvalue weighted by Crippen LogP contribution is 2.29. The fourth-order valence-corrected chi connectivity index (χ4v) is 2.60. The number of nitrogens with one attached hydrogen (secondary N) is 1. The molecule has 0 amide bonds. The van der Waals surface area contributed by atoms with Crippen molar-refractivity contribution in [2.45, 2.75) is 26.3 Å². The van der Waals surface area contributed by atoms with Crippen molar-refractivity contribution in [3.8, 4) is 0 Å². The Morgan fingerprint density at radius 1 is 1.25 bits per heavy atom. The van der Waals surface area contributed by atoms with E-state index in [0.29, 0.717) is 10.0 Å². The highest BCUT2D eigenvalue weighted by atomic mass is 35.5. The van der Waals surface area contributed by atoms with Crippen LogP contribution in [0.2, 0.25) is 10.0 Å². The number of benzene rings is 1. The molecular weight excluding hydrogens is 291 g/mol. The van der Waals surface area contributed by atoms with Crippen molar-refractivity contribution in [1.82, 2.24) is 10.3 Å². The molecule has 2 nitrogen and oxygen atoms in total. The monoisotopic (exact) mass is 308 g/mol. The number of pyridine rings is 1. The molecule has 0 aliphatic heterocycles. The van der Waals surface area contributed by atoms with Gasteiger partial charge in [0.05, 0.1) is 21.8 Å². The van der Waals surface area contributed by atoms with E-state index in [1.807, 2.05) is 24.4 Å². The molecule has 0 spiro atoms. The summed E-state index contributed by atoms with van der Waals surface area (Å²) in [5, 5.41) is 4.68. The van der Waals surface area contributed by atoms with Crippen molar-refractivity contribution < 1.29 is 0 Å². The van der Waals surface area contributed by atoms with Crippen molar-refractivity contribution >= 4 is 23.2 Å². The molecule has 0 radical (unpaired) electrons. The first-order chi connectivity index (χ1) is 9.61. The molecular formula is C16H18Cl2N2. The smallest absolute Gasteiger partial charge is 0.0625 e. The Labute approximate surface area is 130 Å². The molecule has 20 heavy (non-hydrogen) atoms. The first-order valence-electron chi connectivity index (χ1n) is 6.70. The van der Waals surface area contributed by atoms with Gasteiger partial charge in [-0.3, -0.25) is 4.98 Å². The summed E-state index contributed by atoms with van der Waals surface area (Å²) < 4.78 is 0. The van der Waals surface area contributed by atoms with Crippen molar-refractivity contribution in [3.05, 3.63) is 63.4 Å². The summed E-state index contributed by atoms with van der Waals surface area (Å²) in [6.07, 6.45) is 2.61. The fourth-order valence-electron chi connectivity index (χ4n) is 2.20. The average Bonchev–Trinajstić information content (AvgIpc) is 2.43. The largest absolute Gasteiger partial charge is 0.309 e. The van der Waals surface area contributed by atoms with E-state index in [-0.39, 0.29) is 6.04 Å². The van der Waals surface area contributed by atoms with Crippen LogP contribution in [0.25, 0.3) is 0 Å². The van der Waals surface area contributed by atoms with Crippen LogP contribution in [0.15, 0.2) is 36.5 Å². The van der Waals surface area contributed by atoms with Crippen LogP contribution in [0.5, 0.6) is 0 Å². The standard InChI is InChI=1S/C16H18Cl2N2/c1-3-19-15(14-9-11(2)7-8-20-14)10-12-5-4-6-13(17)16(12)18/h4-9,15,19H,3,10H2,1-2H3. The maximum Gasteiger partial charge on any atom is 0.0625 e. The van der Waals surface area contributed by atoms with Crippen LogP contribution < -0.4 is 5.32 Å². The number of halogens is 2. The zero-order valence-electron chi connectivity index (χ0n) is 11.7. The number of rotatable bonds is 5. The first-order valence-corrected chi connectivity index (χ1v) is 7.46. The predicted molar refractivity (Wildman–Crippen MR) is 85.6 cm³/mol. The number of aryl methyl sites for hydroxylation is 1. The lowest BCUT2D eigenvalue weighted by molar-refractivity contribution is 0.536. The normalized spacial score (nSPS) is 12.4. The van der Waals surface area contributed by atoms with Gasteiger partial charge in [-0.15, -0.1) is 0 Å². The maximum absolute atomic E-state index is 6.28. The molecule has 2 rings (SSSR count). The van der Waals surface area contributed by atoms with Crippen LogP contribution in [0, 0.1) is 6.92 Å². The molecule has 1 aromatic carbocycles. The minimum absolute atomic E-state index is 0.135. The second kappa shape index (κ2) is 7.07. The molecule has 1 unspecified atom stereocenters. The summed E-state index contributed by atoms with van der Waals surface area (Å²) in [6, 6.07) is 9.98. The van der Waals surface area contributed by atoms with Crippen molar-refractivity contribution in [2.24, 2.45) is 0 Å². The van der Waals surface area contributed by atoms with Gasteiger partial charge in [0.1, 0.15) is 0 Å². The molecule has 0 saturated heterocycles. The third-order valence-corrected chi connectivity index (χ3v) is 4.06. The van der Waals surface area contributed by atoms with Crippen molar-refractivity contribution in [1.29, 1.82) is 0 Å². The zero-order chi connectivity index (χ0) is 14.5. The lowest BCUT2D eigenvalue weighted by atomic mass is 10.0. The summed E-state index contributed by atoms with van der Waals surface area (Å²) in [6.45, 7) is 5.03. The number of likely N-dealkylation sites (N-methyl/N-ethyl adjacent to an activating group) is 1. The van der Waals surface area contributed by atoms with E-state index in [0.717, 1.165) is 24.2 Å². The first kappa shape index (κ1) is 15.3. The minimum atomic E-state index is 0.135. The number of aromatic nitrogens is 1. The molecule has 1 N–H and O–H groups in total.